The Morgan fingerprint density at radius 1 is 1.00 bits per heavy atom. The summed E-state index contributed by atoms with van der Waals surface area (Å²) >= 11 is 1.54. The molecular formula is C26H37N7O2S. The third-order valence-electron chi connectivity index (χ3n) is 7.24. The maximum Gasteiger partial charge on any atom is 0.236 e. The lowest BCUT2D eigenvalue weighted by Gasteiger charge is -2.35. The monoisotopic (exact) mass is 511 g/mol. The molecule has 2 aromatic rings. The van der Waals surface area contributed by atoms with Crippen LogP contribution >= 0.6 is 11.8 Å². The molecule has 36 heavy (non-hydrogen) atoms. The number of piperazine rings is 1. The van der Waals surface area contributed by atoms with Gasteiger partial charge >= 0.3 is 0 Å². The van der Waals surface area contributed by atoms with E-state index in [1.807, 2.05) is 17.2 Å². The van der Waals surface area contributed by atoms with Gasteiger partial charge in [0.1, 0.15) is 11.6 Å². The molecule has 1 aliphatic carbocycles. The van der Waals surface area contributed by atoms with E-state index >= 15 is 0 Å². The fraction of sp³-hybridized carbons (Fsp3) is 0.577. The van der Waals surface area contributed by atoms with E-state index in [-0.39, 0.29) is 5.91 Å². The molecule has 0 bridgehead atoms. The number of carbonyl (C=O) groups is 1. The standard InChI is InChI=1S/C26H37N7O2S/c1-36-26-29-23(28-21-6-8-22(9-7-21)31-14-16-35-17-15-31)18-24(30-26)32-10-12-33(13-11-32)25(34)19-27-20-4-2-3-5-20/h6-9,18,20,27H,2-5,10-17,19H2,1H3,(H,28,29,30). The molecule has 194 valence electrons. The predicted octanol–water partition coefficient (Wildman–Crippen LogP) is 2.96. The van der Waals surface area contributed by atoms with Crippen LogP contribution in [0.2, 0.25) is 0 Å². The average Bonchev–Trinajstić information content (AvgIpc) is 3.46. The van der Waals surface area contributed by atoms with Crippen molar-refractivity contribution < 1.29 is 9.53 Å². The van der Waals surface area contributed by atoms with E-state index in [0.29, 0.717) is 12.6 Å². The summed E-state index contributed by atoms with van der Waals surface area (Å²) in [6.07, 6.45) is 6.94. The fourth-order valence-electron chi connectivity index (χ4n) is 5.11. The third-order valence-corrected chi connectivity index (χ3v) is 7.79. The third kappa shape index (κ3) is 6.41. The van der Waals surface area contributed by atoms with Gasteiger partial charge in [0, 0.05) is 62.8 Å². The van der Waals surface area contributed by atoms with Crippen LogP contribution in [0.3, 0.4) is 0 Å². The Morgan fingerprint density at radius 3 is 2.42 bits per heavy atom. The SMILES string of the molecule is CSc1nc(Nc2ccc(N3CCOCC3)cc2)cc(N2CCN(C(=O)CNC3CCCC3)CC2)n1. The molecule has 1 saturated carbocycles. The second-order valence-electron chi connectivity index (χ2n) is 9.60. The number of benzene rings is 1. The lowest BCUT2D eigenvalue weighted by Crippen LogP contribution is -2.51. The van der Waals surface area contributed by atoms with Crippen LogP contribution in [-0.4, -0.2) is 92.1 Å². The topological polar surface area (TPSA) is 85.9 Å². The van der Waals surface area contributed by atoms with Crippen LogP contribution in [-0.2, 0) is 9.53 Å². The van der Waals surface area contributed by atoms with Gasteiger partial charge in [0.15, 0.2) is 5.16 Å². The van der Waals surface area contributed by atoms with Crippen molar-refractivity contribution in [3.63, 3.8) is 0 Å². The first-order valence-corrected chi connectivity index (χ1v) is 14.3. The first-order valence-electron chi connectivity index (χ1n) is 13.1. The second-order valence-corrected chi connectivity index (χ2v) is 10.4. The molecular weight excluding hydrogens is 474 g/mol. The maximum absolute atomic E-state index is 12.7. The summed E-state index contributed by atoms with van der Waals surface area (Å²) in [6, 6.07) is 11.0. The molecule has 3 aliphatic rings. The Hall–Kier alpha value is -2.56. The number of rotatable bonds is 8. The molecule has 9 nitrogen and oxygen atoms in total. The van der Waals surface area contributed by atoms with Gasteiger partial charge < -0.3 is 30.1 Å². The quantitative estimate of drug-likeness (QED) is 0.410. The smallest absolute Gasteiger partial charge is 0.236 e. The molecule has 10 heteroatoms. The fourth-order valence-corrected chi connectivity index (χ4v) is 5.49. The molecule has 2 saturated heterocycles. The van der Waals surface area contributed by atoms with E-state index in [1.54, 1.807) is 0 Å². The van der Waals surface area contributed by atoms with Crippen LogP contribution < -0.4 is 20.4 Å². The number of ether oxygens (including phenoxy) is 1. The van der Waals surface area contributed by atoms with Crippen molar-refractivity contribution in [2.45, 2.75) is 36.9 Å². The zero-order valence-corrected chi connectivity index (χ0v) is 21.9. The first-order chi connectivity index (χ1) is 17.7. The van der Waals surface area contributed by atoms with Crippen molar-refractivity contribution >= 4 is 40.7 Å². The zero-order chi connectivity index (χ0) is 24.7. The molecule has 0 spiro atoms. The van der Waals surface area contributed by atoms with E-state index in [4.69, 9.17) is 9.72 Å². The summed E-state index contributed by atoms with van der Waals surface area (Å²) < 4.78 is 5.46. The highest BCUT2D eigenvalue weighted by atomic mass is 32.2. The van der Waals surface area contributed by atoms with Crippen molar-refractivity contribution in [1.29, 1.82) is 0 Å². The number of anilines is 4. The molecule has 1 aromatic carbocycles. The van der Waals surface area contributed by atoms with Gasteiger partial charge in [0.05, 0.1) is 19.8 Å². The Kier molecular flexibility index (Phi) is 8.45. The number of nitrogens with zero attached hydrogens (tertiary/aromatic N) is 5. The van der Waals surface area contributed by atoms with Crippen molar-refractivity contribution in [3.05, 3.63) is 30.3 Å². The van der Waals surface area contributed by atoms with Crippen LogP contribution in [0.5, 0.6) is 0 Å². The summed E-state index contributed by atoms with van der Waals surface area (Å²) in [7, 11) is 0. The number of amides is 1. The Morgan fingerprint density at radius 2 is 1.72 bits per heavy atom. The molecule has 0 atom stereocenters. The van der Waals surface area contributed by atoms with Crippen LogP contribution in [0, 0.1) is 0 Å². The van der Waals surface area contributed by atoms with Crippen LogP contribution in [0.25, 0.3) is 0 Å². The lowest BCUT2D eigenvalue weighted by atomic mass is 10.2. The molecule has 0 radical (unpaired) electrons. The van der Waals surface area contributed by atoms with Crippen LogP contribution in [0.1, 0.15) is 25.7 Å². The van der Waals surface area contributed by atoms with E-state index in [9.17, 15) is 4.79 Å². The van der Waals surface area contributed by atoms with Gasteiger partial charge in [0.25, 0.3) is 0 Å². The zero-order valence-electron chi connectivity index (χ0n) is 21.1. The summed E-state index contributed by atoms with van der Waals surface area (Å²) in [5, 5.41) is 7.63. The number of morpholine rings is 1. The normalized spacial score (nSPS) is 19.1. The summed E-state index contributed by atoms with van der Waals surface area (Å²) in [4.78, 5) is 28.7. The van der Waals surface area contributed by atoms with Crippen molar-refractivity contribution in [3.8, 4) is 0 Å². The van der Waals surface area contributed by atoms with Crippen LogP contribution in [0.4, 0.5) is 23.0 Å². The molecule has 1 aromatic heterocycles. The Labute approximate surface area is 218 Å². The molecule has 5 rings (SSSR count). The van der Waals surface area contributed by atoms with Gasteiger partial charge in [-0.1, -0.05) is 24.6 Å². The van der Waals surface area contributed by atoms with Gasteiger partial charge in [-0.2, -0.15) is 0 Å². The van der Waals surface area contributed by atoms with Crippen LogP contribution in [0.15, 0.2) is 35.5 Å². The van der Waals surface area contributed by atoms with Gasteiger partial charge in [-0.05, 0) is 43.4 Å². The number of hydrogen-bond donors (Lipinski definition) is 2. The highest BCUT2D eigenvalue weighted by Gasteiger charge is 2.24. The number of carbonyl (C=O) groups excluding carboxylic acids is 1. The number of nitrogens with one attached hydrogen (secondary N) is 2. The Bertz CT molecular complexity index is 1000. The highest BCUT2D eigenvalue weighted by Crippen LogP contribution is 2.26. The molecule has 1 amide bonds. The highest BCUT2D eigenvalue weighted by molar-refractivity contribution is 7.98. The van der Waals surface area contributed by atoms with Gasteiger partial charge in [0.2, 0.25) is 5.91 Å². The predicted molar refractivity (Wildman–Crippen MR) is 146 cm³/mol. The minimum absolute atomic E-state index is 0.205. The largest absolute Gasteiger partial charge is 0.378 e. The minimum Gasteiger partial charge on any atom is -0.378 e. The number of hydrogen-bond acceptors (Lipinski definition) is 9. The van der Waals surface area contributed by atoms with Crippen molar-refractivity contribution in [2.24, 2.45) is 0 Å². The number of aromatic nitrogens is 2. The van der Waals surface area contributed by atoms with E-state index in [0.717, 1.165) is 75.0 Å². The van der Waals surface area contributed by atoms with Crippen molar-refractivity contribution in [2.75, 3.05) is 80.4 Å². The molecule has 3 heterocycles. The van der Waals surface area contributed by atoms with E-state index < -0.39 is 0 Å². The minimum atomic E-state index is 0.205. The maximum atomic E-state index is 12.7. The lowest BCUT2D eigenvalue weighted by molar-refractivity contribution is -0.130. The summed E-state index contributed by atoms with van der Waals surface area (Å²) in [5.41, 5.74) is 2.21. The van der Waals surface area contributed by atoms with E-state index in [2.05, 4.69) is 49.7 Å². The van der Waals surface area contributed by atoms with Crippen molar-refractivity contribution in [1.82, 2.24) is 20.2 Å². The molecule has 2 aliphatic heterocycles. The van der Waals surface area contributed by atoms with Gasteiger partial charge in [-0.3, -0.25) is 4.79 Å². The van der Waals surface area contributed by atoms with E-state index in [1.165, 1.54) is 43.1 Å². The molecule has 3 fully saturated rings. The molecule has 2 N–H and O–H groups in total. The molecule has 0 unspecified atom stereocenters. The summed E-state index contributed by atoms with van der Waals surface area (Å²) in [5.74, 6) is 1.89. The summed E-state index contributed by atoms with van der Waals surface area (Å²) in [6.45, 7) is 6.84. The number of thioether (sulfide) groups is 1. The Balaban J connectivity index is 1.18. The van der Waals surface area contributed by atoms with Gasteiger partial charge in [-0.15, -0.1) is 0 Å². The average molecular weight is 512 g/mol. The first kappa shape index (κ1) is 25.1. The second kappa shape index (κ2) is 12.1. The van der Waals surface area contributed by atoms with Gasteiger partial charge in [-0.25, -0.2) is 9.97 Å².